The fourth-order valence-corrected chi connectivity index (χ4v) is 2.25. The molecule has 0 atom stereocenters. The summed E-state index contributed by atoms with van der Waals surface area (Å²) in [5.41, 5.74) is 6.97. The lowest BCUT2D eigenvalue weighted by molar-refractivity contribution is -0.122. The van der Waals surface area contributed by atoms with Crippen LogP contribution in [0.5, 0.6) is 0 Å². The van der Waals surface area contributed by atoms with Crippen LogP contribution in [0.4, 0.5) is 0 Å². The number of hydrazine groups is 1. The Labute approximate surface area is 136 Å². The molecule has 1 aromatic heterocycles. The minimum Gasteiger partial charge on any atom is -0.408 e. The quantitative estimate of drug-likeness (QED) is 0.711. The van der Waals surface area contributed by atoms with Crippen molar-refractivity contribution in [3.8, 4) is 0 Å². The third kappa shape index (κ3) is 3.19. The number of amides is 2. The number of aromatic nitrogens is 1. The number of benzene rings is 2. The number of aryl methyl sites for hydroxylation is 1. The fourth-order valence-electron chi connectivity index (χ4n) is 2.25. The van der Waals surface area contributed by atoms with E-state index in [1.165, 1.54) is 4.57 Å². The summed E-state index contributed by atoms with van der Waals surface area (Å²) in [6.07, 6.45) is 0. The van der Waals surface area contributed by atoms with E-state index in [-0.39, 0.29) is 6.54 Å². The maximum Gasteiger partial charge on any atom is 0.420 e. The summed E-state index contributed by atoms with van der Waals surface area (Å²) in [4.78, 5) is 35.7. The minimum absolute atomic E-state index is 0.260. The summed E-state index contributed by atoms with van der Waals surface area (Å²) in [5.74, 6) is -1.60. The van der Waals surface area contributed by atoms with Crippen molar-refractivity contribution in [3.05, 3.63) is 70.2 Å². The van der Waals surface area contributed by atoms with Crippen molar-refractivity contribution in [2.45, 2.75) is 13.5 Å². The highest BCUT2D eigenvalue weighted by Gasteiger charge is 2.13. The molecular weight excluding hydrogens is 310 g/mol. The summed E-state index contributed by atoms with van der Waals surface area (Å²) in [6.45, 7) is 1.65. The molecule has 0 unspecified atom stereocenters. The molecule has 0 fully saturated rings. The Balaban J connectivity index is 1.65. The average molecular weight is 325 g/mol. The van der Waals surface area contributed by atoms with E-state index in [4.69, 9.17) is 4.42 Å². The van der Waals surface area contributed by atoms with E-state index in [2.05, 4.69) is 10.9 Å². The van der Waals surface area contributed by atoms with Gasteiger partial charge in [0.1, 0.15) is 6.54 Å². The Hall–Kier alpha value is -3.35. The maximum absolute atomic E-state index is 12.0. The number of fused-ring (bicyclic) bond motifs is 1. The first kappa shape index (κ1) is 15.5. The molecule has 0 aliphatic heterocycles. The molecule has 0 saturated heterocycles. The van der Waals surface area contributed by atoms with Gasteiger partial charge in [0.05, 0.1) is 5.52 Å². The number of hydrogen-bond donors (Lipinski definition) is 2. The van der Waals surface area contributed by atoms with Gasteiger partial charge in [-0.25, -0.2) is 4.79 Å². The van der Waals surface area contributed by atoms with Crippen LogP contribution >= 0.6 is 0 Å². The topological polar surface area (TPSA) is 93.3 Å². The molecule has 0 radical (unpaired) electrons. The van der Waals surface area contributed by atoms with Crippen LogP contribution in [0, 0.1) is 6.92 Å². The summed E-state index contributed by atoms with van der Waals surface area (Å²) in [5, 5.41) is 0. The number of rotatable bonds is 3. The Morgan fingerprint density at radius 2 is 1.75 bits per heavy atom. The predicted octanol–water partition coefficient (Wildman–Crippen LogP) is 1.36. The van der Waals surface area contributed by atoms with Gasteiger partial charge in [-0.1, -0.05) is 29.8 Å². The second-order valence-electron chi connectivity index (χ2n) is 5.29. The Bertz CT molecular complexity index is 954. The minimum atomic E-state index is -0.629. The number of carbonyl (C=O) groups excluding carboxylic acids is 2. The van der Waals surface area contributed by atoms with Crippen LogP contribution in [0.3, 0.4) is 0 Å². The molecule has 1 heterocycles. The van der Waals surface area contributed by atoms with Gasteiger partial charge in [0.15, 0.2) is 5.58 Å². The molecule has 3 rings (SSSR count). The largest absolute Gasteiger partial charge is 0.420 e. The zero-order chi connectivity index (χ0) is 17.1. The number of oxazole rings is 1. The molecule has 3 aromatic rings. The Kier molecular flexibility index (Phi) is 4.15. The van der Waals surface area contributed by atoms with Gasteiger partial charge in [-0.05, 0) is 31.2 Å². The number of hydrogen-bond acceptors (Lipinski definition) is 4. The molecular formula is C17H15N3O4. The molecule has 7 heteroatoms. The second-order valence-corrected chi connectivity index (χ2v) is 5.29. The SMILES string of the molecule is Cc1ccc(C(=O)NNC(=O)Cn2c(=O)oc3ccccc32)cc1. The number of nitrogens with zero attached hydrogens (tertiary/aromatic N) is 1. The Morgan fingerprint density at radius 1 is 1.04 bits per heavy atom. The lowest BCUT2D eigenvalue weighted by Crippen LogP contribution is -2.43. The summed E-state index contributed by atoms with van der Waals surface area (Å²) in [7, 11) is 0. The summed E-state index contributed by atoms with van der Waals surface area (Å²) < 4.78 is 6.24. The number of carbonyl (C=O) groups is 2. The highest BCUT2D eigenvalue weighted by molar-refractivity contribution is 5.95. The van der Waals surface area contributed by atoms with Gasteiger partial charge in [-0.15, -0.1) is 0 Å². The van der Waals surface area contributed by atoms with Gasteiger partial charge < -0.3 is 4.42 Å². The van der Waals surface area contributed by atoms with Crippen LogP contribution in [0.2, 0.25) is 0 Å². The monoisotopic (exact) mass is 325 g/mol. The third-order valence-corrected chi connectivity index (χ3v) is 3.50. The molecule has 0 spiro atoms. The van der Waals surface area contributed by atoms with Crippen LogP contribution in [0.25, 0.3) is 11.1 Å². The molecule has 0 bridgehead atoms. The van der Waals surface area contributed by atoms with Gasteiger partial charge in [0.25, 0.3) is 11.8 Å². The van der Waals surface area contributed by atoms with Crippen molar-refractivity contribution in [1.29, 1.82) is 0 Å². The van der Waals surface area contributed by atoms with E-state index < -0.39 is 17.6 Å². The van der Waals surface area contributed by atoms with Crippen molar-refractivity contribution in [2.24, 2.45) is 0 Å². The number of para-hydroxylation sites is 2. The van der Waals surface area contributed by atoms with E-state index >= 15 is 0 Å². The van der Waals surface area contributed by atoms with Crippen LogP contribution in [-0.4, -0.2) is 16.4 Å². The van der Waals surface area contributed by atoms with E-state index in [0.29, 0.717) is 16.7 Å². The second kappa shape index (κ2) is 6.41. The van der Waals surface area contributed by atoms with Gasteiger partial charge in [-0.3, -0.25) is 25.0 Å². The predicted molar refractivity (Wildman–Crippen MR) is 87.3 cm³/mol. The summed E-state index contributed by atoms with van der Waals surface area (Å²) in [6, 6.07) is 13.7. The molecule has 0 aliphatic rings. The molecule has 2 aromatic carbocycles. The van der Waals surface area contributed by atoms with Gasteiger partial charge in [0.2, 0.25) is 0 Å². The van der Waals surface area contributed by atoms with Crippen molar-refractivity contribution < 1.29 is 14.0 Å². The average Bonchev–Trinajstić information content (AvgIpc) is 2.89. The first-order chi connectivity index (χ1) is 11.5. The molecule has 0 saturated carbocycles. The van der Waals surface area contributed by atoms with Crippen LogP contribution in [-0.2, 0) is 11.3 Å². The summed E-state index contributed by atoms with van der Waals surface area (Å²) >= 11 is 0. The maximum atomic E-state index is 12.0. The number of nitrogens with one attached hydrogen (secondary N) is 2. The van der Waals surface area contributed by atoms with E-state index in [1.54, 1.807) is 48.5 Å². The molecule has 122 valence electrons. The van der Waals surface area contributed by atoms with Crippen LogP contribution in [0.1, 0.15) is 15.9 Å². The van der Waals surface area contributed by atoms with Gasteiger partial charge >= 0.3 is 5.76 Å². The molecule has 2 N–H and O–H groups in total. The van der Waals surface area contributed by atoms with Crippen molar-refractivity contribution in [1.82, 2.24) is 15.4 Å². The third-order valence-electron chi connectivity index (χ3n) is 3.50. The highest BCUT2D eigenvalue weighted by Crippen LogP contribution is 2.11. The molecule has 0 aliphatic carbocycles. The zero-order valence-corrected chi connectivity index (χ0v) is 12.9. The van der Waals surface area contributed by atoms with Crippen molar-refractivity contribution >= 4 is 22.9 Å². The van der Waals surface area contributed by atoms with E-state index in [1.807, 2.05) is 6.92 Å². The van der Waals surface area contributed by atoms with Gasteiger partial charge in [-0.2, -0.15) is 0 Å². The zero-order valence-electron chi connectivity index (χ0n) is 12.9. The van der Waals surface area contributed by atoms with Crippen molar-refractivity contribution in [2.75, 3.05) is 0 Å². The first-order valence-corrected chi connectivity index (χ1v) is 7.29. The normalized spacial score (nSPS) is 10.5. The van der Waals surface area contributed by atoms with E-state index in [0.717, 1.165) is 5.56 Å². The fraction of sp³-hybridized carbons (Fsp3) is 0.118. The Morgan fingerprint density at radius 3 is 2.50 bits per heavy atom. The van der Waals surface area contributed by atoms with Crippen LogP contribution < -0.4 is 16.6 Å². The van der Waals surface area contributed by atoms with E-state index in [9.17, 15) is 14.4 Å². The van der Waals surface area contributed by atoms with Crippen LogP contribution in [0.15, 0.2) is 57.7 Å². The van der Waals surface area contributed by atoms with Crippen molar-refractivity contribution in [3.63, 3.8) is 0 Å². The molecule has 2 amide bonds. The lowest BCUT2D eigenvalue weighted by atomic mass is 10.1. The first-order valence-electron chi connectivity index (χ1n) is 7.29. The lowest BCUT2D eigenvalue weighted by Gasteiger charge is -2.08. The highest BCUT2D eigenvalue weighted by atomic mass is 16.4. The molecule has 7 nitrogen and oxygen atoms in total. The van der Waals surface area contributed by atoms with Gasteiger partial charge in [0, 0.05) is 5.56 Å². The smallest absolute Gasteiger partial charge is 0.408 e. The standard InChI is InChI=1S/C17H15N3O4/c1-11-6-8-12(9-7-11)16(22)19-18-15(21)10-20-13-4-2-3-5-14(13)24-17(20)23/h2-9H,10H2,1H3,(H,18,21)(H,19,22). The molecule has 24 heavy (non-hydrogen) atoms.